The number of non-ortho nitro benzene ring substituents is 1. The van der Waals surface area contributed by atoms with E-state index >= 15 is 0 Å². The Hall–Kier alpha value is -5.15. The number of likely N-dealkylation sites (tertiary alicyclic amines) is 1. The summed E-state index contributed by atoms with van der Waals surface area (Å²) in [5.74, 6) is -0.361. The van der Waals surface area contributed by atoms with E-state index in [1.54, 1.807) is 43.3 Å². The number of hydrogen-bond acceptors (Lipinski definition) is 9. The molecule has 1 atom stereocenters. The van der Waals surface area contributed by atoms with Crippen LogP contribution >= 0.6 is 0 Å². The zero-order valence-corrected chi connectivity index (χ0v) is 28.4. The third-order valence-corrected chi connectivity index (χ3v) is 8.90. The summed E-state index contributed by atoms with van der Waals surface area (Å²) in [6, 6.07) is 17.1. The van der Waals surface area contributed by atoms with Crippen LogP contribution in [0.25, 0.3) is 10.9 Å². The first-order valence-electron chi connectivity index (χ1n) is 16.3. The SMILES string of the molecule is CCOC(=O)CN(C)C(=O)c1ccc(OC2CCN(CC(O)(c3cn(Cc4ccccc4)c4cc([N+](=O)[O-])ccc34)C(F)(F)F)CC2)c(OC)c1. The standard InChI is InChI=1S/C36H39F3N4O8/c1-4-50-33(44)22-40(2)34(45)25-10-13-31(32(18-25)49-3)51-27-14-16-41(17-15-27)23-35(46,36(37,38)39)29-21-42(20-24-8-6-5-7-9-24)30-19-26(43(47)48)11-12-28(29)30/h5-13,18-19,21,27,46H,4,14-17,20,22-23H2,1-3H3. The molecule has 0 saturated carbocycles. The smallest absolute Gasteiger partial charge is 0.422 e. The highest BCUT2D eigenvalue weighted by Crippen LogP contribution is 2.44. The van der Waals surface area contributed by atoms with Gasteiger partial charge in [0, 0.05) is 68.1 Å². The number of esters is 1. The van der Waals surface area contributed by atoms with Gasteiger partial charge in [-0.3, -0.25) is 24.6 Å². The van der Waals surface area contributed by atoms with Crippen molar-refractivity contribution in [1.82, 2.24) is 14.4 Å². The number of nitro benzene ring substituents is 1. The Morgan fingerprint density at radius 1 is 1.04 bits per heavy atom. The summed E-state index contributed by atoms with van der Waals surface area (Å²) < 4.78 is 62.7. The monoisotopic (exact) mass is 712 g/mol. The normalized spacial score (nSPS) is 15.3. The van der Waals surface area contributed by atoms with Crippen molar-refractivity contribution in [2.75, 3.05) is 46.9 Å². The first-order valence-corrected chi connectivity index (χ1v) is 16.3. The van der Waals surface area contributed by atoms with E-state index in [0.29, 0.717) is 18.6 Å². The minimum Gasteiger partial charge on any atom is -0.493 e. The number of ether oxygens (including phenoxy) is 3. The maximum absolute atomic E-state index is 14.9. The van der Waals surface area contributed by atoms with Gasteiger partial charge in [-0.25, -0.2) is 0 Å². The summed E-state index contributed by atoms with van der Waals surface area (Å²) >= 11 is 0. The number of nitro groups is 1. The summed E-state index contributed by atoms with van der Waals surface area (Å²) in [6.45, 7) is 1.36. The van der Waals surface area contributed by atoms with Gasteiger partial charge in [0.2, 0.25) is 5.60 Å². The molecule has 3 aromatic carbocycles. The van der Waals surface area contributed by atoms with E-state index in [0.717, 1.165) is 11.6 Å². The van der Waals surface area contributed by atoms with Crippen LogP contribution in [-0.4, -0.2) is 95.5 Å². The van der Waals surface area contributed by atoms with Crippen LogP contribution < -0.4 is 9.47 Å². The lowest BCUT2D eigenvalue weighted by molar-refractivity contribution is -0.384. The molecule has 1 unspecified atom stereocenters. The quantitative estimate of drug-likeness (QED) is 0.108. The number of nitrogens with zero attached hydrogens (tertiary/aromatic N) is 4. The summed E-state index contributed by atoms with van der Waals surface area (Å²) in [6.07, 6.45) is -3.56. The Labute approximate surface area is 292 Å². The van der Waals surface area contributed by atoms with E-state index in [-0.39, 0.29) is 66.3 Å². The van der Waals surface area contributed by atoms with Crippen LogP contribution in [0.2, 0.25) is 0 Å². The number of methoxy groups -OCH3 is 1. The van der Waals surface area contributed by atoms with Crippen LogP contribution in [-0.2, 0) is 21.7 Å². The van der Waals surface area contributed by atoms with Crippen molar-refractivity contribution in [3.8, 4) is 11.5 Å². The van der Waals surface area contributed by atoms with Crippen LogP contribution in [0.5, 0.6) is 11.5 Å². The van der Waals surface area contributed by atoms with E-state index < -0.39 is 41.2 Å². The second-order valence-corrected chi connectivity index (χ2v) is 12.4. The molecular formula is C36H39F3N4O8. The summed E-state index contributed by atoms with van der Waals surface area (Å²) in [7, 11) is 2.88. The minimum absolute atomic E-state index is 0.0654. The van der Waals surface area contributed by atoms with Crippen LogP contribution in [0.1, 0.15) is 41.3 Å². The van der Waals surface area contributed by atoms with E-state index in [4.69, 9.17) is 14.2 Å². The van der Waals surface area contributed by atoms with Gasteiger partial charge >= 0.3 is 12.1 Å². The lowest BCUT2D eigenvalue weighted by Gasteiger charge is -2.39. The molecule has 1 saturated heterocycles. The van der Waals surface area contributed by atoms with Gasteiger partial charge in [0.1, 0.15) is 12.6 Å². The van der Waals surface area contributed by atoms with Crippen molar-refractivity contribution in [1.29, 1.82) is 0 Å². The molecule has 1 aliphatic rings. The lowest BCUT2D eigenvalue weighted by Crippen LogP contribution is -2.53. The largest absolute Gasteiger partial charge is 0.493 e. The Morgan fingerprint density at radius 3 is 2.37 bits per heavy atom. The zero-order valence-electron chi connectivity index (χ0n) is 28.4. The second kappa shape index (κ2) is 15.4. The molecule has 1 amide bonds. The average molecular weight is 713 g/mol. The fourth-order valence-corrected chi connectivity index (χ4v) is 6.24. The Balaban J connectivity index is 1.32. The van der Waals surface area contributed by atoms with Crippen molar-refractivity contribution in [3.63, 3.8) is 0 Å². The molecule has 12 nitrogen and oxygen atoms in total. The zero-order chi connectivity index (χ0) is 36.9. The second-order valence-electron chi connectivity index (χ2n) is 12.4. The van der Waals surface area contributed by atoms with Crippen molar-refractivity contribution in [3.05, 3.63) is 99.7 Å². The number of alkyl halides is 3. The number of fused-ring (bicyclic) bond motifs is 1. The maximum Gasteiger partial charge on any atom is 0.422 e. The number of benzene rings is 3. The number of rotatable bonds is 13. The molecule has 51 heavy (non-hydrogen) atoms. The molecule has 1 aliphatic heterocycles. The van der Waals surface area contributed by atoms with E-state index in [1.165, 1.54) is 59.0 Å². The number of carbonyl (C=O) groups excluding carboxylic acids is 2. The maximum atomic E-state index is 14.9. The summed E-state index contributed by atoms with van der Waals surface area (Å²) in [4.78, 5) is 38.3. The Kier molecular flexibility index (Phi) is 11.2. The molecule has 1 aromatic heterocycles. The highest BCUT2D eigenvalue weighted by molar-refractivity contribution is 5.96. The third-order valence-electron chi connectivity index (χ3n) is 8.90. The van der Waals surface area contributed by atoms with Gasteiger partial charge in [0.15, 0.2) is 11.5 Å². The molecular weight excluding hydrogens is 673 g/mol. The topological polar surface area (TPSA) is 137 Å². The van der Waals surface area contributed by atoms with Crippen molar-refractivity contribution in [2.24, 2.45) is 0 Å². The predicted molar refractivity (Wildman–Crippen MR) is 181 cm³/mol. The molecule has 0 bridgehead atoms. The fourth-order valence-electron chi connectivity index (χ4n) is 6.24. The number of hydrogen-bond donors (Lipinski definition) is 1. The number of amides is 1. The molecule has 5 rings (SSSR count). The Bertz CT molecular complexity index is 1880. The van der Waals surface area contributed by atoms with Gasteiger partial charge in [-0.05, 0) is 49.6 Å². The van der Waals surface area contributed by atoms with Crippen LogP contribution in [0, 0.1) is 10.1 Å². The third kappa shape index (κ3) is 8.26. The predicted octanol–water partition coefficient (Wildman–Crippen LogP) is 5.53. The van der Waals surface area contributed by atoms with Crippen LogP contribution in [0.15, 0.2) is 72.9 Å². The molecule has 1 N–H and O–H groups in total. The molecule has 0 spiro atoms. The molecule has 0 radical (unpaired) electrons. The number of β-amino-alcohol motifs (C(OH)–C–C–N with tert-alkyl or cyclic N) is 1. The summed E-state index contributed by atoms with van der Waals surface area (Å²) in [5.41, 5.74) is -2.73. The highest BCUT2D eigenvalue weighted by Gasteiger charge is 2.57. The molecule has 2 heterocycles. The van der Waals surface area contributed by atoms with E-state index in [1.807, 2.05) is 0 Å². The van der Waals surface area contributed by atoms with Crippen molar-refractivity contribution in [2.45, 2.75) is 44.2 Å². The van der Waals surface area contributed by atoms with E-state index in [2.05, 4.69) is 0 Å². The van der Waals surface area contributed by atoms with Crippen LogP contribution in [0.4, 0.5) is 18.9 Å². The van der Waals surface area contributed by atoms with Gasteiger partial charge in [-0.15, -0.1) is 0 Å². The molecule has 0 aliphatic carbocycles. The number of carbonyl (C=O) groups is 2. The van der Waals surface area contributed by atoms with Gasteiger partial charge in [0.25, 0.3) is 11.6 Å². The van der Waals surface area contributed by atoms with Gasteiger partial charge in [-0.2, -0.15) is 13.2 Å². The number of likely N-dealkylation sites (N-methyl/N-ethyl adjacent to an activating group) is 1. The van der Waals surface area contributed by atoms with Gasteiger partial charge in [-0.1, -0.05) is 30.3 Å². The Morgan fingerprint density at radius 2 is 1.75 bits per heavy atom. The average Bonchev–Trinajstić information content (AvgIpc) is 3.46. The molecule has 272 valence electrons. The number of aliphatic hydroxyl groups is 1. The van der Waals surface area contributed by atoms with Crippen LogP contribution in [0.3, 0.4) is 0 Å². The number of piperidine rings is 1. The minimum atomic E-state index is -5.08. The van der Waals surface area contributed by atoms with Gasteiger partial charge in [0.05, 0.1) is 24.2 Å². The first kappa shape index (κ1) is 37.1. The highest BCUT2D eigenvalue weighted by atomic mass is 19.4. The van der Waals surface area contributed by atoms with Gasteiger partial charge < -0.3 is 28.8 Å². The first-order chi connectivity index (χ1) is 24.2. The molecule has 4 aromatic rings. The van der Waals surface area contributed by atoms with Crippen molar-refractivity contribution < 1.29 is 47.0 Å². The number of aromatic nitrogens is 1. The molecule has 15 heteroatoms. The summed E-state index contributed by atoms with van der Waals surface area (Å²) in [5, 5.41) is 23.2. The van der Waals surface area contributed by atoms with E-state index in [9.17, 15) is 38.0 Å². The number of halogens is 3. The molecule has 1 fully saturated rings. The van der Waals surface area contributed by atoms with Crippen molar-refractivity contribution >= 4 is 28.5 Å². The lowest BCUT2D eigenvalue weighted by atomic mass is 9.91. The fraction of sp³-hybridized carbons (Fsp3) is 0.389.